The third-order valence-electron chi connectivity index (χ3n) is 3.24. The molecule has 1 amide bonds. The number of rotatable bonds is 6. The van der Waals surface area contributed by atoms with Crippen molar-refractivity contribution >= 4 is 21.6 Å². The summed E-state index contributed by atoms with van der Waals surface area (Å²) in [5.74, 6) is 0.471. The summed E-state index contributed by atoms with van der Waals surface area (Å²) in [4.78, 5) is 13.4. The molecule has 0 unspecified atom stereocenters. The number of anilines is 1. The lowest BCUT2D eigenvalue weighted by Crippen LogP contribution is -2.21. The first-order valence-electron chi connectivity index (χ1n) is 7.41. The van der Waals surface area contributed by atoms with Crippen LogP contribution in [-0.2, 0) is 10.0 Å². The Hall–Kier alpha value is -2.54. The van der Waals surface area contributed by atoms with Gasteiger partial charge in [-0.15, -0.1) is 0 Å². The number of sulfonamides is 1. The van der Waals surface area contributed by atoms with E-state index in [9.17, 15) is 13.2 Å². The maximum atomic E-state index is 12.4. The Labute approximate surface area is 142 Å². The number of nitrogens with one attached hydrogen (secondary N) is 1. The van der Waals surface area contributed by atoms with Gasteiger partial charge in [0.15, 0.2) is 0 Å². The highest BCUT2D eigenvalue weighted by Crippen LogP contribution is 2.20. The number of carbonyl (C=O) groups is 1. The molecule has 0 saturated carbocycles. The molecule has 0 aliphatic rings. The molecule has 0 atom stereocenters. The molecule has 0 aliphatic heterocycles. The van der Waals surface area contributed by atoms with Crippen LogP contribution in [-0.4, -0.2) is 39.9 Å². The zero-order valence-corrected chi connectivity index (χ0v) is 14.6. The number of benzene rings is 2. The van der Waals surface area contributed by atoms with Gasteiger partial charge in [0, 0.05) is 25.3 Å². The minimum Gasteiger partial charge on any atom is -0.494 e. The van der Waals surface area contributed by atoms with Crippen LogP contribution in [0.25, 0.3) is 0 Å². The molecule has 0 aromatic heterocycles. The quantitative estimate of drug-likeness (QED) is 0.870. The van der Waals surface area contributed by atoms with E-state index >= 15 is 0 Å². The average Bonchev–Trinajstić information content (AvgIpc) is 2.55. The molecule has 2 aromatic rings. The second kappa shape index (κ2) is 7.35. The van der Waals surface area contributed by atoms with Gasteiger partial charge in [0.25, 0.3) is 15.9 Å². The van der Waals surface area contributed by atoms with Gasteiger partial charge in [0.1, 0.15) is 5.75 Å². The van der Waals surface area contributed by atoms with Gasteiger partial charge >= 0.3 is 0 Å². The molecular formula is C17H20N2O4S. The topological polar surface area (TPSA) is 75.7 Å². The largest absolute Gasteiger partial charge is 0.494 e. The van der Waals surface area contributed by atoms with Crippen molar-refractivity contribution in [1.29, 1.82) is 0 Å². The minimum absolute atomic E-state index is 0.138. The summed E-state index contributed by atoms with van der Waals surface area (Å²) in [6.07, 6.45) is 0. The Kier molecular flexibility index (Phi) is 5.46. The van der Waals surface area contributed by atoms with Crippen molar-refractivity contribution in [2.75, 3.05) is 25.4 Å². The standard InChI is InChI=1S/C17H20N2O4S/c1-4-23-15-9-11-16(12-10-15)24(21,22)18-14-7-5-13(6-8-14)17(20)19(2)3/h5-12,18H,4H2,1-3H3. The number of ether oxygens (including phenoxy) is 1. The van der Waals surface area contributed by atoms with E-state index in [0.717, 1.165) is 0 Å². The van der Waals surface area contributed by atoms with Crippen LogP contribution in [0.15, 0.2) is 53.4 Å². The third-order valence-corrected chi connectivity index (χ3v) is 4.63. The normalized spacial score (nSPS) is 11.0. The molecule has 24 heavy (non-hydrogen) atoms. The number of amides is 1. The maximum Gasteiger partial charge on any atom is 0.261 e. The molecule has 2 aromatic carbocycles. The SMILES string of the molecule is CCOc1ccc(S(=O)(=O)Nc2ccc(C(=O)N(C)C)cc2)cc1. The lowest BCUT2D eigenvalue weighted by molar-refractivity contribution is 0.0827. The average molecular weight is 348 g/mol. The molecule has 6 nitrogen and oxygen atoms in total. The summed E-state index contributed by atoms with van der Waals surface area (Å²) in [6, 6.07) is 12.5. The van der Waals surface area contributed by atoms with Crippen molar-refractivity contribution in [1.82, 2.24) is 4.90 Å². The van der Waals surface area contributed by atoms with Crippen molar-refractivity contribution in [3.8, 4) is 5.75 Å². The van der Waals surface area contributed by atoms with Gasteiger partial charge in [-0.25, -0.2) is 8.42 Å². The Morgan fingerprint density at radius 1 is 1.04 bits per heavy atom. The number of nitrogens with zero attached hydrogens (tertiary/aromatic N) is 1. The summed E-state index contributed by atoms with van der Waals surface area (Å²) >= 11 is 0. The highest BCUT2D eigenvalue weighted by Gasteiger charge is 2.15. The molecule has 0 radical (unpaired) electrons. The highest BCUT2D eigenvalue weighted by atomic mass is 32.2. The van der Waals surface area contributed by atoms with E-state index in [0.29, 0.717) is 23.6 Å². The second-order valence-corrected chi connectivity index (χ2v) is 6.97. The molecule has 0 bridgehead atoms. The molecule has 0 fully saturated rings. The van der Waals surface area contributed by atoms with Crippen LogP contribution < -0.4 is 9.46 Å². The van der Waals surface area contributed by atoms with E-state index in [2.05, 4.69) is 4.72 Å². The van der Waals surface area contributed by atoms with Crippen LogP contribution in [0.2, 0.25) is 0 Å². The van der Waals surface area contributed by atoms with Gasteiger partial charge in [0.05, 0.1) is 11.5 Å². The van der Waals surface area contributed by atoms with Crippen molar-refractivity contribution < 1.29 is 17.9 Å². The van der Waals surface area contributed by atoms with Gasteiger partial charge < -0.3 is 9.64 Å². The van der Waals surface area contributed by atoms with E-state index in [1.54, 1.807) is 50.5 Å². The zero-order chi connectivity index (χ0) is 17.7. The van der Waals surface area contributed by atoms with Crippen molar-refractivity contribution in [3.63, 3.8) is 0 Å². The van der Waals surface area contributed by atoms with E-state index in [4.69, 9.17) is 4.74 Å². The van der Waals surface area contributed by atoms with E-state index in [-0.39, 0.29) is 10.8 Å². The molecule has 0 aliphatic carbocycles. The lowest BCUT2D eigenvalue weighted by Gasteiger charge is -2.12. The van der Waals surface area contributed by atoms with E-state index in [1.807, 2.05) is 6.92 Å². The lowest BCUT2D eigenvalue weighted by atomic mass is 10.2. The molecular weight excluding hydrogens is 328 g/mol. The second-order valence-electron chi connectivity index (χ2n) is 5.29. The van der Waals surface area contributed by atoms with Crippen LogP contribution in [0.3, 0.4) is 0 Å². The molecule has 128 valence electrons. The molecule has 7 heteroatoms. The van der Waals surface area contributed by atoms with Gasteiger partial charge in [-0.3, -0.25) is 9.52 Å². The van der Waals surface area contributed by atoms with Gasteiger partial charge in [-0.1, -0.05) is 0 Å². The Morgan fingerprint density at radius 3 is 2.12 bits per heavy atom. The fourth-order valence-corrected chi connectivity index (χ4v) is 3.09. The summed E-state index contributed by atoms with van der Waals surface area (Å²) in [7, 11) is -0.380. The van der Waals surface area contributed by atoms with Crippen molar-refractivity contribution in [2.45, 2.75) is 11.8 Å². The first-order chi connectivity index (χ1) is 11.3. The summed E-state index contributed by atoms with van der Waals surface area (Å²) < 4.78 is 32.5. The Balaban J connectivity index is 2.15. The smallest absolute Gasteiger partial charge is 0.261 e. The van der Waals surface area contributed by atoms with E-state index < -0.39 is 10.0 Å². The zero-order valence-electron chi connectivity index (χ0n) is 13.8. The van der Waals surface area contributed by atoms with Crippen molar-refractivity contribution in [3.05, 3.63) is 54.1 Å². The fraction of sp³-hybridized carbons (Fsp3) is 0.235. The molecule has 2 rings (SSSR count). The van der Waals surface area contributed by atoms with Gasteiger partial charge in [-0.05, 0) is 55.5 Å². The van der Waals surface area contributed by atoms with E-state index in [1.165, 1.54) is 17.0 Å². The predicted molar refractivity (Wildman–Crippen MR) is 92.9 cm³/mol. The van der Waals surface area contributed by atoms with Crippen LogP contribution in [0.4, 0.5) is 5.69 Å². The monoisotopic (exact) mass is 348 g/mol. The number of hydrogen-bond acceptors (Lipinski definition) is 4. The highest BCUT2D eigenvalue weighted by molar-refractivity contribution is 7.92. The van der Waals surface area contributed by atoms with Crippen molar-refractivity contribution in [2.24, 2.45) is 0 Å². The van der Waals surface area contributed by atoms with Gasteiger partial charge in [-0.2, -0.15) is 0 Å². The number of carbonyl (C=O) groups excluding carboxylic acids is 1. The molecule has 0 heterocycles. The maximum absolute atomic E-state index is 12.4. The Bertz CT molecular complexity index is 797. The first kappa shape index (κ1) is 17.8. The van der Waals surface area contributed by atoms with Crippen LogP contribution >= 0.6 is 0 Å². The first-order valence-corrected chi connectivity index (χ1v) is 8.89. The predicted octanol–water partition coefficient (Wildman–Crippen LogP) is 2.59. The fourth-order valence-electron chi connectivity index (χ4n) is 2.03. The summed E-state index contributed by atoms with van der Waals surface area (Å²) in [6.45, 7) is 2.37. The molecule has 1 N–H and O–H groups in total. The summed E-state index contributed by atoms with van der Waals surface area (Å²) in [5.41, 5.74) is 0.878. The number of hydrogen-bond donors (Lipinski definition) is 1. The summed E-state index contributed by atoms with van der Waals surface area (Å²) in [5, 5.41) is 0. The third kappa shape index (κ3) is 4.26. The van der Waals surface area contributed by atoms with Crippen LogP contribution in [0, 0.1) is 0 Å². The van der Waals surface area contributed by atoms with Gasteiger partial charge in [0.2, 0.25) is 0 Å². The minimum atomic E-state index is -3.70. The Morgan fingerprint density at radius 2 is 1.62 bits per heavy atom. The molecule has 0 spiro atoms. The van der Waals surface area contributed by atoms with Crippen LogP contribution in [0.1, 0.15) is 17.3 Å². The van der Waals surface area contributed by atoms with Crippen LogP contribution in [0.5, 0.6) is 5.75 Å². The molecule has 0 saturated heterocycles.